The summed E-state index contributed by atoms with van der Waals surface area (Å²) < 4.78 is 0. The number of nitrogens with one attached hydrogen (secondary N) is 1. The van der Waals surface area contributed by atoms with Gasteiger partial charge in [0.15, 0.2) is 0 Å². The van der Waals surface area contributed by atoms with E-state index in [-0.39, 0.29) is 12.6 Å². The van der Waals surface area contributed by atoms with E-state index >= 15 is 0 Å². The number of nitrogens with zero attached hydrogens (tertiary/aromatic N) is 1. The standard InChI is InChI=1S/C7H12N2O4/c1-4-2-8-5(6(10)11)3-9(4)7(12)13/h4-5,8H,2-3H2,1H3,(H,10,11)(H,12,13). The summed E-state index contributed by atoms with van der Waals surface area (Å²) in [4.78, 5) is 22.3. The molecular formula is C7H12N2O4. The lowest BCUT2D eigenvalue weighted by Gasteiger charge is -2.34. The maximum Gasteiger partial charge on any atom is 0.407 e. The minimum absolute atomic E-state index is 0.00579. The van der Waals surface area contributed by atoms with Gasteiger partial charge in [0.05, 0.1) is 6.54 Å². The van der Waals surface area contributed by atoms with Crippen LogP contribution in [0, 0.1) is 0 Å². The number of rotatable bonds is 1. The summed E-state index contributed by atoms with van der Waals surface area (Å²) in [6.45, 7) is 2.12. The Morgan fingerprint density at radius 3 is 2.54 bits per heavy atom. The van der Waals surface area contributed by atoms with Crippen LogP contribution in [0.1, 0.15) is 6.92 Å². The maximum absolute atomic E-state index is 10.6. The predicted octanol–water partition coefficient (Wildman–Crippen LogP) is -0.589. The molecule has 1 heterocycles. The highest BCUT2D eigenvalue weighted by Crippen LogP contribution is 2.06. The number of carbonyl (C=O) groups is 2. The Bertz CT molecular complexity index is 231. The molecule has 0 bridgehead atoms. The zero-order valence-corrected chi connectivity index (χ0v) is 7.23. The van der Waals surface area contributed by atoms with Crippen molar-refractivity contribution in [3.05, 3.63) is 0 Å². The molecule has 1 amide bonds. The molecule has 1 fully saturated rings. The van der Waals surface area contributed by atoms with Crippen LogP contribution in [0.4, 0.5) is 4.79 Å². The van der Waals surface area contributed by atoms with Gasteiger partial charge in [-0.2, -0.15) is 0 Å². The highest BCUT2D eigenvalue weighted by Gasteiger charge is 2.31. The van der Waals surface area contributed by atoms with Gasteiger partial charge in [-0.15, -0.1) is 0 Å². The zero-order valence-electron chi connectivity index (χ0n) is 7.23. The Morgan fingerprint density at radius 1 is 1.46 bits per heavy atom. The molecule has 0 aromatic carbocycles. The summed E-state index contributed by atoms with van der Waals surface area (Å²) in [5.41, 5.74) is 0. The first-order chi connectivity index (χ1) is 6.02. The van der Waals surface area contributed by atoms with Gasteiger partial charge in [0, 0.05) is 12.6 Å². The van der Waals surface area contributed by atoms with Gasteiger partial charge >= 0.3 is 12.1 Å². The molecule has 2 atom stereocenters. The minimum Gasteiger partial charge on any atom is -0.480 e. The molecule has 74 valence electrons. The largest absolute Gasteiger partial charge is 0.480 e. The first kappa shape index (κ1) is 9.79. The Kier molecular flexibility index (Phi) is 2.72. The van der Waals surface area contributed by atoms with Gasteiger partial charge in [-0.1, -0.05) is 0 Å². The monoisotopic (exact) mass is 188 g/mol. The van der Waals surface area contributed by atoms with Crippen molar-refractivity contribution in [2.45, 2.75) is 19.0 Å². The van der Waals surface area contributed by atoms with E-state index in [1.165, 1.54) is 0 Å². The summed E-state index contributed by atoms with van der Waals surface area (Å²) in [6, 6.07) is -0.958. The molecule has 1 saturated heterocycles. The molecule has 6 nitrogen and oxygen atoms in total. The minimum atomic E-state index is -1.07. The molecule has 0 radical (unpaired) electrons. The molecule has 0 spiro atoms. The lowest BCUT2D eigenvalue weighted by molar-refractivity contribution is -0.140. The van der Waals surface area contributed by atoms with Gasteiger partial charge in [-0.05, 0) is 6.92 Å². The Labute approximate surface area is 75.1 Å². The van der Waals surface area contributed by atoms with E-state index in [2.05, 4.69) is 5.32 Å². The molecule has 0 saturated carbocycles. The van der Waals surface area contributed by atoms with E-state index in [4.69, 9.17) is 10.2 Å². The third-order valence-corrected chi connectivity index (χ3v) is 2.11. The molecule has 0 aromatic heterocycles. The topological polar surface area (TPSA) is 89.9 Å². The molecule has 1 aliphatic heterocycles. The van der Waals surface area contributed by atoms with Crippen molar-refractivity contribution in [1.82, 2.24) is 10.2 Å². The van der Waals surface area contributed by atoms with E-state index in [0.717, 1.165) is 4.90 Å². The van der Waals surface area contributed by atoms with Crippen LogP contribution in [0.5, 0.6) is 0 Å². The third-order valence-electron chi connectivity index (χ3n) is 2.11. The number of hydrogen-bond acceptors (Lipinski definition) is 3. The Hall–Kier alpha value is -1.30. The van der Waals surface area contributed by atoms with Crippen molar-refractivity contribution in [3.63, 3.8) is 0 Å². The highest BCUT2D eigenvalue weighted by atomic mass is 16.4. The molecule has 1 aliphatic rings. The van der Waals surface area contributed by atoms with E-state index in [9.17, 15) is 9.59 Å². The molecule has 13 heavy (non-hydrogen) atoms. The zero-order chi connectivity index (χ0) is 10.0. The molecule has 0 aromatic rings. The number of piperazine rings is 1. The van der Waals surface area contributed by atoms with E-state index in [1.807, 2.05) is 0 Å². The van der Waals surface area contributed by atoms with Crippen molar-refractivity contribution < 1.29 is 19.8 Å². The van der Waals surface area contributed by atoms with E-state index in [0.29, 0.717) is 6.54 Å². The van der Waals surface area contributed by atoms with Gasteiger partial charge in [0.2, 0.25) is 0 Å². The van der Waals surface area contributed by atoms with Crippen molar-refractivity contribution in [2.24, 2.45) is 0 Å². The summed E-state index contributed by atoms with van der Waals surface area (Å²) in [6.07, 6.45) is -1.07. The van der Waals surface area contributed by atoms with Crippen molar-refractivity contribution in [3.8, 4) is 0 Å². The van der Waals surface area contributed by atoms with Gasteiger partial charge in [0.1, 0.15) is 6.04 Å². The van der Waals surface area contributed by atoms with Crippen molar-refractivity contribution >= 4 is 12.1 Å². The van der Waals surface area contributed by atoms with Crippen LogP contribution in [-0.4, -0.2) is 52.3 Å². The summed E-state index contributed by atoms with van der Waals surface area (Å²) >= 11 is 0. The number of aliphatic carboxylic acids is 1. The predicted molar refractivity (Wildman–Crippen MR) is 43.6 cm³/mol. The third kappa shape index (κ3) is 2.09. The van der Waals surface area contributed by atoms with Crippen molar-refractivity contribution in [1.29, 1.82) is 0 Å². The first-order valence-corrected chi connectivity index (χ1v) is 3.98. The smallest absolute Gasteiger partial charge is 0.407 e. The molecule has 6 heteroatoms. The molecule has 3 N–H and O–H groups in total. The summed E-state index contributed by atoms with van der Waals surface area (Å²) in [7, 11) is 0. The maximum atomic E-state index is 10.6. The number of carboxylic acid groups (broad SMARTS) is 2. The first-order valence-electron chi connectivity index (χ1n) is 3.98. The fourth-order valence-electron chi connectivity index (χ4n) is 1.30. The van der Waals surface area contributed by atoms with Crippen LogP contribution in [-0.2, 0) is 4.79 Å². The van der Waals surface area contributed by atoms with E-state index in [1.54, 1.807) is 6.92 Å². The second kappa shape index (κ2) is 3.61. The Balaban J connectivity index is 2.63. The van der Waals surface area contributed by atoms with Crippen LogP contribution >= 0.6 is 0 Å². The lowest BCUT2D eigenvalue weighted by Crippen LogP contribution is -2.59. The second-order valence-corrected chi connectivity index (χ2v) is 3.08. The van der Waals surface area contributed by atoms with E-state index < -0.39 is 18.1 Å². The van der Waals surface area contributed by atoms with Crippen molar-refractivity contribution in [2.75, 3.05) is 13.1 Å². The van der Waals surface area contributed by atoms with Crippen LogP contribution in [0.25, 0.3) is 0 Å². The molecule has 2 unspecified atom stereocenters. The fraction of sp³-hybridized carbons (Fsp3) is 0.714. The quantitative estimate of drug-likeness (QED) is 0.511. The number of carboxylic acids is 1. The molecule has 0 aliphatic carbocycles. The van der Waals surface area contributed by atoms with Crippen LogP contribution in [0.15, 0.2) is 0 Å². The molecule has 1 rings (SSSR count). The lowest BCUT2D eigenvalue weighted by atomic mass is 10.1. The van der Waals surface area contributed by atoms with Crippen LogP contribution in [0.2, 0.25) is 0 Å². The van der Waals surface area contributed by atoms with Gasteiger partial charge in [-0.25, -0.2) is 4.79 Å². The molecular weight excluding hydrogens is 176 g/mol. The second-order valence-electron chi connectivity index (χ2n) is 3.08. The van der Waals surface area contributed by atoms with Crippen LogP contribution < -0.4 is 5.32 Å². The summed E-state index contributed by atoms with van der Waals surface area (Å²) in [5.74, 6) is -1.02. The normalized spacial score (nSPS) is 28.5. The van der Waals surface area contributed by atoms with Gasteiger partial charge < -0.3 is 20.4 Å². The highest BCUT2D eigenvalue weighted by molar-refractivity contribution is 5.75. The number of hydrogen-bond donors (Lipinski definition) is 3. The van der Waals surface area contributed by atoms with Gasteiger partial charge in [-0.3, -0.25) is 4.79 Å². The number of amides is 1. The average Bonchev–Trinajstić information content (AvgIpc) is 2.04. The van der Waals surface area contributed by atoms with Gasteiger partial charge in [0.25, 0.3) is 0 Å². The summed E-state index contributed by atoms with van der Waals surface area (Å²) in [5, 5.41) is 20.1. The van der Waals surface area contributed by atoms with Crippen LogP contribution in [0.3, 0.4) is 0 Å². The fourth-order valence-corrected chi connectivity index (χ4v) is 1.30. The average molecular weight is 188 g/mol. The SMILES string of the molecule is CC1CNC(C(=O)O)CN1C(=O)O. The Morgan fingerprint density at radius 2 is 2.08 bits per heavy atom.